The number of amides is 2. The zero-order valence-corrected chi connectivity index (χ0v) is 13.1. The van der Waals surface area contributed by atoms with Crippen molar-refractivity contribution in [2.24, 2.45) is 5.92 Å². The summed E-state index contributed by atoms with van der Waals surface area (Å²) in [5, 5.41) is 13.3. The molecule has 116 valence electrons. The molecule has 21 heavy (non-hydrogen) atoms. The van der Waals surface area contributed by atoms with E-state index in [1.54, 1.807) is 17.5 Å². The normalized spacial score (nSPS) is 12.0. The van der Waals surface area contributed by atoms with Gasteiger partial charge in [-0.25, -0.2) is 4.79 Å². The molecule has 0 fully saturated rings. The molecular formula is C14H20N2O4S. The topological polar surface area (TPSA) is 86.7 Å². The first-order valence-electron chi connectivity index (χ1n) is 6.62. The number of carboxylic acids is 1. The van der Waals surface area contributed by atoms with Crippen LogP contribution in [-0.2, 0) is 9.59 Å². The molecule has 0 radical (unpaired) electrons. The largest absolute Gasteiger partial charge is 0.480 e. The number of carbonyl (C=O) groups is 3. The zero-order valence-electron chi connectivity index (χ0n) is 12.3. The number of hydrogen-bond donors (Lipinski definition) is 2. The van der Waals surface area contributed by atoms with Crippen LogP contribution in [0.4, 0.5) is 0 Å². The molecule has 0 saturated carbocycles. The van der Waals surface area contributed by atoms with E-state index in [1.807, 2.05) is 13.8 Å². The van der Waals surface area contributed by atoms with E-state index in [4.69, 9.17) is 5.11 Å². The fraction of sp³-hybridized carbons (Fsp3) is 0.500. The van der Waals surface area contributed by atoms with Crippen molar-refractivity contribution in [3.8, 4) is 0 Å². The maximum Gasteiger partial charge on any atom is 0.326 e. The van der Waals surface area contributed by atoms with Crippen molar-refractivity contribution in [2.45, 2.75) is 26.3 Å². The molecule has 0 aliphatic carbocycles. The van der Waals surface area contributed by atoms with Gasteiger partial charge in [0.05, 0.1) is 11.4 Å². The number of carboxylic acid groups (broad SMARTS) is 1. The standard InChI is InChI=1S/C14H20N2O4S/c1-9(2)7-10(14(19)20)15-12(17)8-16(3)13(18)11-5-4-6-21-11/h4-6,9-10H,7-8H2,1-3H3,(H,15,17)(H,19,20)/t10-/m1/s1. The van der Waals surface area contributed by atoms with Crippen molar-refractivity contribution in [1.82, 2.24) is 10.2 Å². The van der Waals surface area contributed by atoms with Gasteiger partial charge in [-0.3, -0.25) is 9.59 Å². The second kappa shape index (κ2) is 7.78. The Bertz CT molecular complexity index is 499. The van der Waals surface area contributed by atoms with Gasteiger partial charge in [0.2, 0.25) is 5.91 Å². The molecule has 2 amide bonds. The smallest absolute Gasteiger partial charge is 0.326 e. The molecule has 1 rings (SSSR count). The van der Waals surface area contributed by atoms with Crippen LogP contribution >= 0.6 is 11.3 Å². The van der Waals surface area contributed by atoms with Gasteiger partial charge in [-0.15, -0.1) is 11.3 Å². The minimum absolute atomic E-state index is 0.150. The summed E-state index contributed by atoms with van der Waals surface area (Å²) in [6.07, 6.45) is 0.351. The summed E-state index contributed by atoms with van der Waals surface area (Å²) in [6.45, 7) is 3.60. The van der Waals surface area contributed by atoms with E-state index in [0.717, 1.165) is 0 Å². The highest BCUT2D eigenvalue weighted by molar-refractivity contribution is 7.12. The zero-order chi connectivity index (χ0) is 16.0. The maximum absolute atomic E-state index is 12.0. The summed E-state index contributed by atoms with van der Waals surface area (Å²) >= 11 is 1.30. The van der Waals surface area contributed by atoms with Crippen molar-refractivity contribution < 1.29 is 19.5 Å². The molecule has 1 aromatic heterocycles. The van der Waals surface area contributed by atoms with Gasteiger partial charge in [-0.05, 0) is 23.8 Å². The van der Waals surface area contributed by atoms with Gasteiger partial charge in [0.1, 0.15) is 6.04 Å². The van der Waals surface area contributed by atoms with Crippen LogP contribution in [-0.4, -0.2) is 47.4 Å². The number of rotatable bonds is 7. The highest BCUT2D eigenvalue weighted by Gasteiger charge is 2.23. The summed E-state index contributed by atoms with van der Waals surface area (Å²) < 4.78 is 0. The highest BCUT2D eigenvalue weighted by atomic mass is 32.1. The summed E-state index contributed by atoms with van der Waals surface area (Å²) in [7, 11) is 1.51. The monoisotopic (exact) mass is 312 g/mol. The number of aliphatic carboxylic acids is 1. The van der Waals surface area contributed by atoms with E-state index in [2.05, 4.69) is 5.32 Å². The second-order valence-electron chi connectivity index (χ2n) is 5.23. The van der Waals surface area contributed by atoms with Gasteiger partial charge in [-0.2, -0.15) is 0 Å². The first-order valence-corrected chi connectivity index (χ1v) is 7.50. The Balaban J connectivity index is 2.55. The molecule has 0 saturated heterocycles. The van der Waals surface area contributed by atoms with Gasteiger partial charge < -0.3 is 15.3 Å². The molecular weight excluding hydrogens is 292 g/mol. The summed E-state index contributed by atoms with van der Waals surface area (Å²) in [5.74, 6) is -1.65. The van der Waals surface area contributed by atoms with Crippen molar-refractivity contribution >= 4 is 29.1 Å². The molecule has 0 spiro atoms. The van der Waals surface area contributed by atoms with Crippen LogP contribution in [0, 0.1) is 5.92 Å². The average Bonchev–Trinajstić information content (AvgIpc) is 2.89. The summed E-state index contributed by atoms with van der Waals surface area (Å²) in [4.78, 5) is 36.7. The Morgan fingerprint density at radius 3 is 2.52 bits per heavy atom. The molecule has 1 heterocycles. The lowest BCUT2D eigenvalue weighted by Crippen LogP contribution is -2.46. The highest BCUT2D eigenvalue weighted by Crippen LogP contribution is 2.11. The van der Waals surface area contributed by atoms with Gasteiger partial charge >= 0.3 is 5.97 Å². The lowest BCUT2D eigenvalue weighted by molar-refractivity contribution is -0.142. The molecule has 7 heteroatoms. The van der Waals surface area contributed by atoms with E-state index >= 15 is 0 Å². The van der Waals surface area contributed by atoms with Crippen LogP contribution in [0.15, 0.2) is 17.5 Å². The third kappa shape index (κ3) is 5.55. The lowest BCUT2D eigenvalue weighted by atomic mass is 10.0. The first kappa shape index (κ1) is 17.2. The Hall–Kier alpha value is -1.89. The molecule has 6 nitrogen and oxygen atoms in total. The van der Waals surface area contributed by atoms with E-state index in [9.17, 15) is 14.4 Å². The van der Waals surface area contributed by atoms with Crippen LogP contribution in [0.2, 0.25) is 0 Å². The Morgan fingerprint density at radius 1 is 1.38 bits per heavy atom. The van der Waals surface area contributed by atoms with Gasteiger partial charge in [0.25, 0.3) is 5.91 Å². The predicted molar refractivity (Wildman–Crippen MR) is 80.3 cm³/mol. The van der Waals surface area contributed by atoms with Crippen LogP contribution in [0.5, 0.6) is 0 Å². The van der Waals surface area contributed by atoms with Crippen LogP contribution in [0.25, 0.3) is 0 Å². The minimum atomic E-state index is -1.07. The van der Waals surface area contributed by atoms with Gasteiger partial charge in [0, 0.05) is 7.05 Å². The summed E-state index contributed by atoms with van der Waals surface area (Å²) in [6, 6.07) is 2.51. The molecule has 0 unspecified atom stereocenters. The number of thiophene rings is 1. The fourth-order valence-electron chi connectivity index (χ4n) is 1.81. The average molecular weight is 312 g/mol. The predicted octanol–water partition coefficient (Wildman–Crippen LogP) is 1.44. The molecule has 1 atom stereocenters. The van der Waals surface area contributed by atoms with Crippen LogP contribution in [0.3, 0.4) is 0 Å². The first-order chi connectivity index (χ1) is 9.81. The van der Waals surface area contributed by atoms with Gasteiger partial charge in [-0.1, -0.05) is 19.9 Å². The fourth-order valence-corrected chi connectivity index (χ4v) is 2.53. The second-order valence-corrected chi connectivity index (χ2v) is 6.17. The van der Waals surface area contributed by atoms with Crippen molar-refractivity contribution in [3.63, 3.8) is 0 Å². The Kier molecular flexibility index (Phi) is 6.36. The van der Waals surface area contributed by atoms with E-state index in [-0.39, 0.29) is 18.4 Å². The molecule has 2 N–H and O–H groups in total. The number of hydrogen-bond acceptors (Lipinski definition) is 4. The van der Waals surface area contributed by atoms with Crippen LogP contribution < -0.4 is 5.32 Å². The third-order valence-corrected chi connectivity index (χ3v) is 3.66. The van der Waals surface area contributed by atoms with E-state index < -0.39 is 17.9 Å². The van der Waals surface area contributed by atoms with E-state index in [1.165, 1.54) is 23.3 Å². The van der Waals surface area contributed by atoms with Crippen molar-refractivity contribution in [1.29, 1.82) is 0 Å². The number of likely N-dealkylation sites (N-methyl/N-ethyl adjacent to an activating group) is 1. The number of nitrogens with one attached hydrogen (secondary N) is 1. The van der Waals surface area contributed by atoms with Crippen LogP contribution in [0.1, 0.15) is 29.9 Å². The Morgan fingerprint density at radius 2 is 2.05 bits per heavy atom. The molecule has 0 aliphatic rings. The van der Waals surface area contributed by atoms with Gasteiger partial charge in [0.15, 0.2) is 0 Å². The molecule has 0 aliphatic heterocycles. The van der Waals surface area contributed by atoms with E-state index in [0.29, 0.717) is 11.3 Å². The third-order valence-electron chi connectivity index (χ3n) is 2.80. The number of carbonyl (C=O) groups excluding carboxylic acids is 2. The Labute approximate surface area is 127 Å². The van der Waals surface area contributed by atoms with Crippen molar-refractivity contribution in [3.05, 3.63) is 22.4 Å². The number of nitrogens with zero attached hydrogens (tertiary/aromatic N) is 1. The maximum atomic E-state index is 12.0. The SMILES string of the molecule is CC(C)C[C@@H](NC(=O)CN(C)C(=O)c1cccs1)C(=O)O. The molecule has 0 bridgehead atoms. The summed E-state index contributed by atoms with van der Waals surface area (Å²) in [5.41, 5.74) is 0. The quantitative estimate of drug-likeness (QED) is 0.797. The minimum Gasteiger partial charge on any atom is -0.480 e. The molecule has 0 aromatic carbocycles. The molecule has 1 aromatic rings. The lowest BCUT2D eigenvalue weighted by Gasteiger charge is -2.20. The van der Waals surface area contributed by atoms with Crippen molar-refractivity contribution in [2.75, 3.05) is 13.6 Å².